The quantitative estimate of drug-likeness (QED) is 0.577. The molecule has 9 heteroatoms. The van der Waals surface area contributed by atoms with Crippen LogP contribution in [0.15, 0.2) is 38.6 Å². The molecule has 0 saturated carbocycles. The fourth-order valence-corrected chi connectivity index (χ4v) is 1.57. The Hall–Kier alpha value is -2.97. The molecule has 0 bridgehead atoms. The highest BCUT2D eigenvalue weighted by molar-refractivity contribution is 6.03. The van der Waals surface area contributed by atoms with E-state index >= 15 is 0 Å². The molecule has 0 amide bonds. The monoisotopic (exact) mass is 271 g/mol. The topological polar surface area (TPSA) is 110 Å². The summed E-state index contributed by atoms with van der Waals surface area (Å²) in [6.45, 7) is 3.62. The van der Waals surface area contributed by atoms with Crippen LogP contribution in [0.3, 0.4) is 0 Å². The number of hydrogen-bond donors (Lipinski definition) is 4. The van der Waals surface area contributed by atoms with Crippen LogP contribution in [-0.4, -0.2) is 28.3 Å². The van der Waals surface area contributed by atoms with Crippen molar-refractivity contribution in [2.24, 2.45) is 20.4 Å². The molecule has 0 atom stereocenters. The molecule has 3 rings (SSSR count). The van der Waals surface area contributed by atoms with Crippen molar-refractivity contribution in [1.29, 1.82) is 0 Å². The fraction of sp³-hybridized carbons (Fsp3) is 0.182. The van der Waals surface area contributed by atoms with Crippen molar-refractivity contribution < 1.29 is 0 Å². The van der Waals surface area contributed by atoms with Gasteiger partial charge in [-0.05, 0) is 26.0 Å². The highest BCUT2D eigenvalue weighted by Crippen LogP contribution is 2.03. The van der Waals surface area contributed by atoms with Gasteiger partial charge in [0.15, 0.2) is 11.7 Å². The van der Waals surface area contributed by atoms with Crippen LogP contribution >= 0.6 is 0 Å². The summed E-state index contributed by atoms with van der Waals surface area (Å²) in [6.07, 6.45) is 0. The van der Waals surface area contributed by atoms with E-state index in [0.29, 0.717) is 34.7 Å². The summed E-state index contributed by atoms with van der Waals surface area (Å²) in [6, 6.07) is 5.53. The first-order valence-electron chi connectivity index (χ1n) is 5.98. The molecule has 0 unspecified atom stereocenters. The standard InChI is InChI=1S/C11H13N9/c1-6-13-17-10(18-14-6)8-4-3-5-9(12-8)11-19-15-7(2)16-20-11/h3-5H,1-2H3,(H,13,14)(H,15,16)(H,17,18)(H,19,20). The van der Waals surface area contributed by atoms with Crippen molar-refractivity contribution in [3.63, 3.8) is 0 Å². The molecule has 0 fully saturated rings. The second-order valence-corrected chi connectivity index (χ2v) is 4.17. The van der Waals surface area contributed by atoms with E-state index in [9.17, 15) is 0 Å². The fourth-order valence-electron chi connectivity index (χ4n) is 1.57. The lowest BCUT2D eigenvalue weighted by molar-refractivity contribution is 0.863. The third kappa shape index (κ3) is 2.41. The number of pyridine rings is 1. The van der Waals surface area contributed by atoms with E-state index < -0.39 is 0 Å². The lowest BCUT2D eigenvalue weighted by Crippen LogP contribution is -2.35. The van der Waals surface area contributed by atoms with Crippen LogP contribution in [0.1, 0.15) is 25.2 Å². The first-order chi connectivity index (χ1) is 9.72. The summed E-state index contributed by atoms with van der Waals surface area (Å²) in [5, 5.41) is 16.4. The largest absolute Gasteiger partial charge is 0.261 e. The van der Waals surface area contributed by atoms with E-state index in [0.717, 1.165) is 0 Å². The summed E-state index contributed by atoms with van der Waals surface area (Å²) in [5.74, 6) is 2.47. The van der Waals surface area contributed by atoms with Crippen LogP contribution in [0.5, 0.6) is 0 Å². The summed E-state index contributed by atoms with van der Waals surface area (Å²) in [7, 11) is 0. The highest BCUT2D eigenvalue weighted by Gasteiger charge is 2.13. The van der Waals surface area contributed by atoms with Gasteiger partial charge in [0.2, 0.25) is 0 Å². The van der Waals surface area contributed by atoms with E-state index in [1.165, 1.54) is 0 Å². The second-order valence-electron chi connectivity index (χ2n) is 4.17. The van der Waals surface area contributed by atoms with Crippen molar-refractivity contribution >= 4 is 23.3 Å². The minimum atomic E-state index is 0.543. The van der Waals surface area contributed by atoms with Gasteiger partial charge < -0.3 is 0 Å². The van der Waals surface area contributed by atoms with Crippen LogP contribution in [0.4, 0.5) is 0 Å². The van der Waals surface area contributed by atoms with Crippen LogP contribution in [0.2, 0.25) is 0 Å². The van der Waals surface area contributed by atoms with Crippen molar-refractivity contribution in [2.45, 2.75) is 13.8 Å². The summed E-state index contributed by atoms with van der Waals surface area (Å²) in [5.41, 5.74) is 12.6. The summed E-state index contributed by atoms with van der Waals surface area (Å²) < 4.78 is 0. The van der Waals surface area contributed by atoms with Gasteiger partial charge in [-0.1, -0.05) is 6.07 Å². The van der Waals surface area contributed by atoms with Gasteiger partial charge in [0, 0.05) is 0 Å². The molecule has 102 valence electrons. The highest BCUT2D eigenvalue weighted by atomic mass is 15.5. The molecule has 3 heterocycles. The average Bonchev–Trinajstić information content (AvgIpc) is 2.49. The van der Waals surface area contributed by atoms with Crippen LogP contribution < -0.4 is 21.7 Å². The van der Waals surface area contributed by atoms with Crippen molar-refractivity contribution in [2.75, 3.05) is 0 Å². The Labute approximate surface area is 114 Å². The van der Waals surface area contributed by atoms with Gasteiger partial charge in [-0.25, -0.2) is 4.98 Å². The Morgan fingerprint density at radius 2 is 1.20 bits per heavy atom. The average molecular weight is 271 g/mol. The van der Waals surface area contributed by atoms with Crippen LogP contribution in [0.25, 0.3) is 0 Å². The van der Waals surface area contributed by atoms with Crippen molar-refractivity contribution in [3.05, 3.63) is 29.6 Å². The van der Waals surface area contributed by atoms with E-state index in [-0.39, 0.29) is 0 Å². The van der Waals surface area contributed by atoms with E-state index in [4.69, 9.17) is 0 Å². The predicted molar refractivity (Wildman–Crippen MR) is 76.1 cm³/mol. The molecular formula is C11H13N9. The zero-order valence-electron chi connectivity index (χ0n) is 11.0. The number of aromatic nitrogens is 1. The van der Waals surface area contributed by atoms with Gasteiger partial charge >= 0.3 is 0 Å². The maximum atomic E-state index is 4.47. The van der Waals surface area contributed by atoms with Crippen molar-refractivity contribution in [3.8, 4) is 0 Å². The molecule has 0 spiro atoms. The summed E-state index contributed by atoms with van der Waals surface area (Å²) >= 11 is 0. The van der Waals surface area contributed by atoms with E-state index in [1.54, 1.807) is 0 Å². The Bertz CT molecular complexity index is 602. The molecule has 0 aromatic carbocycles. The van der Waals surface area contributed by atoms with E-state index in [1.807, 2.05) is 32.0 Å². The molecule has 4 N–H and O–H groups in total. The Balaban J connectivity index is 1.84. The second kappa shape index (κ2) is 4.96. The Morgan fingerprint density at radius 1 is 0.700 bits per heavy atom. The van der Waals surface area contributed by atoms with Crippen LogP contribution in [0, 0.1) is 0 Å². The van der Waals surface area contributed by atoms with Gasteiger partial charge in [-0.3, -0.25) is 21.7 Å². The van der Waals surface area contributed by atoms with Gasteiger partial charge in [0.05, 0.1) is 0 Å². The maximum absolute atomic E-state index is 4.47. The van der Waals surface area contributed by atoms with E-state index in [2.05, 4.69) is 47.1 Å². The molecule has 1 aromatic heterocycles. The minimum absolute atomic E-state index is 0.543. The number of amidine groups is 4. The molecular weight excluding hydrogens is 258 g/mol. The predicted octanol–water partition coefficient (Wildman–Crippen LogP) is -0.543. The number of nitrogens with zero attached hydrogens (tertiary/aromatic N) is 5. The molecule has 0 aliphatic carbocycles. The molecule has 2 aliphatic heterocycles. The SMILES string of the molecule is CC1=NNC(c2cccc(C3=NNC(C)=NN3)n2)=NN1. The molecule has 2 aliphatic rings. The number of hydrogen-bond acceptors (Lipinski definition) is 9. The zero-order chi connectivity index (χ0) is 13.9. The third-order valence-electron chi connectivity index (χ3n) is 2.55. The first kappa shape index (κ1) is 12.1. The van der Waals surface area contributed by atoms with Gasteiger partial charge in [-0.15, -0.1) is 0 Å². The lowest BCUT2D eigenvalue weighted by atomic mass is 10.2. The molecule has 0 saturated heterocycles. The minimum Gasteiger partial charge on any atom is -0.261 e. The normalized spacial score (nSPS) is 17.3. The number of rotatable bonds is 2. The maximum Gasteiger partial charge on any atom is 0.192 e. The molecule has 20 heavy (non-hydrogen) atoms. The summed E-state index contributed by atoms with van der Waals surface area (Å²) in [4.78, 5) is 4.47. The van der Waals surface area contributed by atoms with Gasteiger partial charge in [-0.2, -0.15) is 20.4 Å². The smallest absolute Gasteiger partial charge is 0.192 e. The van der Waals surface area contributed by atoms with Crippen molar-refractivity contribution in [1.82, 2.24) is 26.7 Å². The number of nitrogens with one attached hydrogen (secondary N) is 4. The lowest BCUT2D eigenvalue weighted by Gasteiger charge is -2.14. The third-order valence-corrected chi connectivity index (χ3v) is 2.55. The Morgan fingerprint density at radius 3 is 1.60 bits per heavy atom. The molecule has 0 radical (unpaired) electrons. The molecule has 1 aromatic rings. The number of hydrazone groups is 4. The van der Waals surface area contributed by atoms with Gasteiger partial charge in [0.25, 0.3) is 0 Å². The zero-order valence-corrected chi connectivity index (χ0v) is 11.0. The van der Waals surface area contributed by atoms with Gasteiger partial charge in [0.1, 0.15) is 23.1 Å². The van der Waals surface area contributed by atoms with Crippen LogP contribution in [-0.2, 0) is 0 Å². The first-order valence-corrected chi connectivity index (χ1v) is 5.98. The molecule has 9 nitrogen and oxygen atoms in total. The Kier molecular flexibility index (Phi) is 2.99.